The monoisotopic (exact) mass is 269 g/mol. The maximum absolute atomic E-state index is 12.1. The van der Waals surface area contributed by atoms with Gasteiger partial charge in [0.1, 0.15) is 0 Å². The third kappa shape index (κ3) is 3.28. The predicted molar refractivity (Wildman–Crippen MR) is 69.6 cm³/mol. The van der Waals surface area contributed by atoms with Crippen LogP contribution >= 0.6 is 0 Å². The fourth-order valence-corrected chi connectivity index (χ4v) is 2.17. The van der Waals surface area contributed by atoms with Crippen molar-refractivity contribution in [1.82, 2.24) is 10.2 Å². The molecule has 0 spiro atoms. The first kappa shape index (κ1) is 13.0. The van der Waals surface area contributed by atoms with Crippen LogP contribution in [0.2, 0.25) is 0 Å². The van der Waals surface area contributed by atoms with Crippen LogP contribution in [-0.2, 0) is 11.3 Å². The van der Waals surface area contributed by atoms with E-state index in [1.807, 2.05) is 0 Å². The molecule has 98 valence electrons. The van der Waals surface area contributed by atoms with E-state index in [1.54, 1.807) is 29.2 Å². The Morgan fingerprint density at radius 2 is 1.89 bits per heavy atom. The van der Waals surface area contributed by atoms with Crippen LogP contribution in [0.4, 0.5) is 5.69 Å². The second-order valence-corrected chi connectivity index (χ2v) is 4.67. The van der Waals surface area contributed by atoms with Crippen molar-refractivity contribution in [3.05, 3.63) is 29.8 Å². The molecule has 1 amide bonds. The number of carbonyl (C=O) groups excluding carboxylic acids is 1. The maximum Gasteiger partial charge on any atom is 0.259 e. The van der Waals surface area contributed by atoms with E-state index in [0.29, 0.717) is 24.3 Å². The summed E-state index contributed by atoms with van der Waals surface area (Å²) in [6.07, 6.45) is 0. The summed E-state index contributed by atoms with van der Waals surface area (Å²) in [4.78, 5) is 13.9. The van der Waals surface area contributed by atoms with Gasteiger partial charge in [-0.2, -0.15) is 0 Å². The van der Waals surface area contributed by atoms with Crippen molar-refractivity contribution in [1.29, 1.82) is 0 Å². The fourth-order valence-electron chi connectivity index (χ4n) is 1.83. The third-order valence-electron chi connectivity index (χ3n) is 2.74. The van der Waals surface area contributed by atoms with E-state index in [2.05, 4.69) is 10.0 Å². The molecule has 0 aliphatic carbocycles. The van der Waals surface area contributed by atoms with Crippen LogP contribution in [0, 0.1) is 0 Å². The number of piperazine rings is 1. The van der Waals surface area contributed by atoms with E-state index in [1.165, 1.54) is 0 Å². The lowest BCUT2D eigenvalue weighted by Crippen LogP contribution is -2.46. The number of nitrogens with one attached hydrogen (secondary N) is 2. The lowest BCUT2D eigenvalue weighted by Gasteiger charge is -2.27. The summed E-state index contributed by atoms with van der Waals surface area (Å²) in [6.45, 7) is 3.04. The summed E-state index contributed by atoms with van der Waals surface area (Å²) in [5, 5.41) is 3.19. The molecule has 0 saturated carbocycles. The van der Waals surface area contributed by atoms with E-state index in [0.717, 1.165) is 13.1 Å². The second-order valence-electron chi connectivity index (χ2n) is 3.97. The topological polar surface area (TPSA) is 81.7 Å². The first-order valence-electron chi connectivity index (χ1n) is 5.64. The van der Waals surface area contributed by atoms with Crippen molar-refractivity contribution in [2.24, 2.45) is 0 Å². The Morgan fingerprint density at radius 1 is 1.28 bits per heavy atom. The molecule has 1 aliphatic rings. The number of rotatable bonds is 3. The Hall–Kier alpha value is -1.44. The molecule has 1 aromatic rings. The molecule has 7 heteroatoms. The Morgan fingerprint density at radius 3 is 2.44 bits per heavy atom. The molecule has 1 aromatic carbocycles. The second kappa shape index (κ2) is 5.94. The number of benzene rings is 1. The maximum atomic E-state index is 12.1. The number of nitrogens with zero attached hydrogens (tertiary/aromatic N) is 1. The number of carbonyl (C=O) groups is 1. The molecule has 3 N–H and O–H groups in total. The van der Waals surface area contributed by atoms with Gasteiger partial charge in [-0.1, -0.05) is 0 Å². The van der Waals surface area contributed by atoms with Crippen LogP contribution in [0.25, 0.3) is 0 Å². The van der Waals surface area contributed by atoms with Crippen LogP contribution in [0.15, 0.2) is 24.3 Å². The molecule has 0 aromatic heterocycles. The molecule has 1 aliphatic heterocycles. The molecular weight excluding hydrogens is 254 g/mol. The average molecular weight is 269 g/mol. The highest BCUT2D eigenvalue weighted by molar-refractivity contribution is 7.80. The predicted octanol–water partition coefficient (Wildman–Crippen LogP) is 0.281. The van der Waals surface area contributed by atoms with Gasteiger partial charge in [0.05, 0.1) is 0 Å². The van der Waals surface area contributed by atoms with Gasteiger partial charge in [-0.3, -0.25) is 14.1 Å². The van der Waals surface area contributed by atoms with Crippen molar-refractivity contribution in [3.8, 4) is 0 Å². The van der Waals surface area contributed by atoms with Gasteiger partial charge in [0.25, 0.3) is 17.2 Å². The normalized spacial score (nSPS) is 17.3. The molecule has 0 radical (unpaired) electrons. The summed E-state index contributed by atoms with van der Waals surface area (Å²) < 4.78 is 21.6. The number of anilines is 1. The van der Waals surface area contributed by atoms with E-state index < -0.39 is 11.3 Å². The van der Waals surface area contributed by atoms with Gasteiger partial charge in [-0.25, -0.2) is 4.21 Å². The van der Waals surface area contributed by atoms with E-state index >= 15 is 0 Å². The fraction of sp³-hybridized carbons (Fsp3) is 0.364. The van der Waals surface area contributed by atoms with Crippen molar-refractivity contribution in [2.45, 2.75) is 0 Å². The van der Waals surface area contributed by atoms with Gasteiger partial charge >= 0.3 is 0 Å². The quantitative estimate of drug-likeness (QED) is 0.688. The Labute approximate surface area is 108 Å². The summed E-state index contributed by atoms with van der Waals surface area (Å²) in [5.41, 5.74) is 1.10. The minimum Gasteiger partial charge on any atom is -0.336 e. The SMILES string of the molecule is O=C(c1ccc(NS(=O)O)cc1)N1CCNCC1. The summed E-state index contributed by atoms with van der Waals surface area (Å²) >= 11 is -2.09. The molecule has 18 heavy (non-hydrogen) atoms. The van der Waals surface area contributed by atoms with Gasteiger partial charge in [0, 0.05) is 37.4 Å². The van der Waals surface area contributed by atoms with Crippen molar-refractivity contribution >= 4 is 22.9 Å². The third-order valence-corrected chi connectivity index (χ3v) is 3.15. The largest absolute Gasteiger partial charge is 0.336 e. The number of hydrogen-bond donors (Lipinski definition) is 3. The summed E-state index contributed by atoms with van der Waals surface area (Å²) in [7, 11) is 0. The summed E-state index contributed by atoms with van der Waals surface area (Å²) in [5.74, 6) is -0.00632. The van der Waals surface area contributed by atoms with Crippen molar-refractivity contribution < 1.29 is 13.6 Å². The molecule has 1 atom stereocenters. The first-order valence-corrected chi connectivity index (χ1v) is 6.75. The molecule has 6 nitrogen and oxygen atoms in total. The Balaban J connectivity index is 2.04. The Bertz CT molecular complexity index is 443. The van der Waals surface area contributed by atoms with Crippen LogP contribution in [0.1, 0.15) is 10.4 Å². The average Bonchev–Trinajstić information content (AvgIpc) is 2.39. The molecule has 0 bridgehead atoms. The van der Waals surface area contributed by atoms with E-state index in [9.17, 15) is 9.00 Å². The molecular formula is C11H15N3O3S. The van der Waals surface area contributed by atoms with Crippen LogP contribution in [-0.4, -0.2) is 45.7 Å². The zero-order chi connectivity index (χ0) is 13.0. The van der Waals surface area contributed by atoms with Crippen molar-refractivity contribution in [3.63, 3.8) is 0 Å². The minimum atomic E-state index is -2.09. The lowest BCUT2D eigenvalue weighted by molar-refractivity contribution is 0.0736. The molecule has 2 rings (SSSR count). The zero-order valence-corrected chi connectivity index (χ0v) is 10.6. The molecule has 1 unspecified atom stereocenters. The first-order chi connectivity index (χ1) is 8.66. The van der Waals surface area contributed by atoms with E-state index in [4.69, 9.17) is 4.55 Å². The van der Waals surface area contributed by atoms with Crippen LogP contribution in [0.5, 0.6) is 0 Å². The minimum absolute atomic E-state index is 0.00632. The highest BCUT2D eigenvalue weighted by Crippen LogP contribution is 2.12. The van der Waals surface area contributed by atoms with Crippen LogP contribution < -0.4 is 10.0 Å². The standard InChI is InChI=1S/C11H15N3O3S/c15-11(14-7-5-12-6-8-14)9-1-3-10(4-2-9)13-18(16)17/h1-4,12-13H,5-8H2,(H,16,17). The highest BCUT2D eigenvalue weighted by atomic mass is 32.2. The molecule has 1 saturated heterocycles. The molecule has 1 fully saturated rings. The number of hydrogen-bond acceptors (Lipinski definition) is 3. The Kier molecular flexibility index (Phi) is 4.29. The van der Waals surface area contributed by atoms with Gasteiger partial charge in [-0.05, 0) is 24.3 Å². The van der Waals surface area contributed by atoms with Gasteiger partial charge < -0.3 is 10.2 Å². The van der Waals surface area contributed by atoms with Gasteiger partial charge in [-0.15, -0.1) is 0 Å². The lowest BCUT2D eigenvalue weighted by atomic mass is 10.1. The highest BCUT2D eigenvalue weighted by Gasteiger charge is 2.17. The van der Waals surface area contributed by atoms with Gasteiger partial charge in [0.15, 0.2) is 0 Å². The summed E-state index contributed by atoms with van der Waals surface area (Å²) in [6, 6.07) is 6.53. The number of amides is 1. The van der Waals surface area contributed by atoms with Crippen LogP contribution in [0.3, 0.4) is 0 Å². The van der Waals surface area contributed by atoms with Crippen molar-refractivity contribution in [2.75, 3.05) is 30.9 Å². The van der Waals surface area contributed by atoms with Gasteiger partial charge in [0.2, 0.25) is 0 Å². The smallest absolute Gasteiger partial charge is 0.259 e. The van der Waals surface area contributed by atoms with E-state index in [-0.39, 0.29) is 5.91 Å². The molecule has 1 heterocycles. The zero-order valence-electron chi connectivity index (χ0n) is 9.76.